The number of benzene rings is 1. The first-order valence-electron chi connectivity index (χ1n) is 6.02. The molecule has 0 aliphatic carbocycles. The largest absolute Gasteiger partial charge is 0.453 e. The topological polar surface area (TPSA) is 25.2 Å². The van der Waals surface area contributed by atoms with E-state index >= 15 is 0 Å². The summed E-state index contributed by atoms with van der Waals surface area (Å²) in [6.45, 7) is 2.62. The molecule has 5 heteroatoms. The Bertz CT molecular complexity index is 556. The molecule has 2 rings (SSSR count). The lowest BCUT2D eigenvalue weighted by molar-refractivity contribution is 0.478. The minimum Gasteiger partial charge on any atom is -0.453 e. The second kappa shape index (κ2) is 6.17. The van der Waals surface area contributed by atoms with Crippen molar-refractivity contribution in [2.75, 3.05) is 6.54 Å². The number of rotatable bonds is 5. The molecular weight excluding hydrogens is 272 g/mol. The van der Waals surface area contributed by atoms with E-state index in [1.807, 2.05) is 6.92 Å². The Kier molecular flexibility index (Phi) is 4.56. The summed E-state index contributed by atoms with van der Waals surface area (Å²) in [5.41, 5.74) is 1.05. The van der Waals surface area contributed by atoms with Crippen LogP contribution in [0.5, 0.6) is 0 Å². The Morgan fingerprint density at radius 3 is 2.74 bits per heavy atom. The normalized spacial score (nSPS) is 12.6. The van der Waals surface area contributed by atoms with E-state index in [4.69, 9.17) is 16.0 Å². The third kappa shape index (κ3) is 3.14. The molecule has 0 amide bonds. The van der Waals surface area contributed by atoms with Crippen LogP contribution in [0.4, 0.5) is 8.78 Å². The molecule has 2 nitrogen and oxygen atoms in total. The SMILES string of the molecule is CCNC(Cc1cccc(F)c1F)c1ccoc1Cl. The van der Waals surface area contributed by atoms with Gasteiger partial charge in [-0.25, -0.2) is 8.78 Å². The van der Waals surface area contributed by atoms with Gasteiger partial charge in [0, 0.05) is 11.6 Å². The Morgan fingerprint density at radius 1 is 1.32 bits per heavy atom. The lowest BCUT2D eigenvalue weighted by Crippen LogP contribution is -2.23. The summed E-state index contributed by atoms with van der Waals surface area (Å²) in [7, 11) is 0. The second-order valence-corrected chi connectivity index (χ2v) is 4.52. The zero-order valence-electron chi connectivity index (χ0n) is 10.4. The highest BCUT2D eigenvalue weighted by Gasteiger charge is 2.19. The molecule has 0 spiro atoms. The van der Waals surface area contributed by atoms with Crippen molar-refractivity contribution in [1.82, 2.24) is 5.32 Å². The molecule has 0 radical (unpaired) electrons. The molecule has 2 aromatic rings. The van der Waals surface area contributed by atoms with Crippen molar-refractivity contribution in [3.05, 3.63) is 58.5 Å². The maximum Gasteiger partial charge on any atom is 0.197 e. The zero-order chi connectivity index (χ0) is 13.8. The van der Waals surface area contributed by atoms with Gasteiger partial charge in [-0.1, -0.05) is 19.1 Å². The Labute approximate surface area is 115 Å². The summed E-state index contributed by atoms with van der Waals surface area (Å²) < 4.78 is 31.9. The fourth-order valence-electron chi connectivity index (χ4n) is 2.02. The Hall–Kier alpha value is -1.39. The first kappa shape index (κ1) is 14.0. The van der Waals surface area contributed by atoms with Gasteiger partial charge in [0.15, 0.2) is 16.9 Å². The molecule has 1 aromatic heterocycles. The number of hydrogen-bond donors (Lipinski definition) is 1. The Morgan fingerprint density at radius 2 is 2.11 bits per heavy atom. The predicted molar refractivity (Wildman–Crippen MR) is 70.2 cm³/mol. The van der Waals surface area contributed by atoms with Crippen LogP contribution >= 0.6 is 11.6 Å². The third-order valence-electron chi connectivity index (χ3n) is 2.93. The second-order valence-electron chi connectivity index (χ2n) is 4.18. The first-order chi connectivity index (χ1) is 9.13. The standard InChI is InChI=1S/C14H14ClF2NO/c1-2-18-12(10-6-7-19-14(10)15)8-9-4-3-5-11(16)13(9)17/h3-7,12,18H,2,8H2,1H3. The van der Waals surface area contributed by atoms with Crippen molar-refractivity contribution in [2.45, 2.75) is 19.4 Å². The number of halogens is 3. The Balaban J connectivity index is 2.27. The van der Waals surface area contributed by atoms with Crippen molar-refractivity contribution >= 4 is 11.6 Å². The highest BCUT2D eigenvalue weighted by molar-refractivity contribution is 6.29. The van der Waals surface area contributed by atoms with Gasteiger partial charge in [0.1, 0.15) is 0 Å². The van der Waals surface area contributed by atoms with Gasteiger partial charge in [-0.2, -0.15) is 0 Å². The minimum absolute atomic E-state index is 0.215. The van der Waals surface area contributed by atoms with E-state index in [-0.39, 0.29) is 11.3 Å². The van der Waals surface area contributed by atoms with Gasteiger partial charge in [0.2, 0.25) is 0 Å². The molecule has 0 saturated carbocycles. The van der Waals surface area contributed by atoms with Crippen molar-refractivity contribution < 1.29 is 13.2 Å². The fourth-order valence-corrected chi connectivity index (χ4v) is 2.26. The minimum atomic E-state index is -0.842. The summed E-state index contributed by atoms with van der Waals surface area (Å²) in [6, 6.07) is 5.68. The van der Waals surface area contributed by atoms with Crippen LogP contribution in [-0.4, -0.2) is 6.54 Å². The smallest absolute Gasteiger partial charge is 0.197 e. The molecule has 0 aliphatic heterocycles. The maximum absolute atomic E-state index is 13.7. The number of hydrogen-bond acceptors (Lipinski definition) is 2. The van der Waals surface area contributed by atoms with Crippen LogP contribution in [0.2, 0.25) is 5.22 Å². The van der Waals surface area contributed by atoms with Gasteiger partial charge >= 0.3 is 0 Å². The van der Waals surface area contributed by atoms with Gasteiger partial charge in [0.05, 0.1) is 6.26 Å². The van der Waals surface area contributed by atoms with Crippen LogP contribution in [-0.2, 0) is 6.42 Å². The molecular formula is C14H14ClF2NO. The van der Waals surface area contributed by atoms with E-state index in [1.165, 1.54) is 12.3 Å². The molecule has 0 fully saturated rings. The quantitative estimate of drug-likeness (QED) is 0.894. The van der Waals surface area contributed by atoms with Crippen molar-refractivity contribution in [3.63, 3.8) is 0 Å². The van der Waals surface area contributed by atoms with Crippen molar-refractivity contribution in [1.29, 1.82) is 0 Å². The lowest BCUT2D eigenvalue weighted by atomic mass is 10.0. The van der Waals surface area contributed by atoms with Crippen LogP contribution in [0, 0.1) is 11.6 Å². The number of furan rings is 1. The van der Waals surface area contributed by atoms with Crippen molar-refractivity contribution in [2.24, 2.45) is 0 Å². The zero-order valence-corrected chi connectivity index (χ0v) is 11.2. The average Bonchev–Trinajstić information content (AvgIpc) is 2.80. The van der Waals surface area contributed by atoms with E-state index < -0.39 is 11.6 Å². The van der Waals surface area contributed by atoms with Gasteiger partial charge < -0.3 is 9.73 Å². The molecule has 19 heavy (non-hydrogen) atoms. The van der Waals surface area contributed by atoms with Crippen LogP contribution < -0.4 is 5.32 Å². The van der Waals surface area contributed by atoms with Crippen LogP contribution in [0.3, 0.4) is 0 Å². The van der Waals surface area contributed by atoms with E-state index in [0.29, 0.717) is 18.5 Å². The molecule has 102 valence electrons. The highest BCUT2D eigenvalue weighted by Crippen LogP contribution is 2.27. The number of nitrogens with one attached hydrogen (secondary N) is 1. The van der Waals surface area contributed by atoms with E-state index in [0.717, 1.165) is 11.6 Å². The molecule has 1 unspecified atom stereocenters. The summed E-state index contributed by atoms with van der Waals surface area (Å²) in [5.74, 6) is -1.66. The van der Waals surface area contributed by atoms with Gasteiger partial charge in [-0.05, 0) is 42.3 Å². The average molecular weight is 286 g/mol. The molecule has 0 saturated heterocycles. The monoisotopic (exact) mass is 285 g/mol. The number of likely N-dealkylation sites (N-methyl/N-ethyl adjacent to an activating group) is 1. The summed E-state index contributed by atoms with van der Waals surface area (Å²) >= 11 is 5.93. The molecule has 1 heterocycles. The van der Waals surface area contributed by atoms with E-state index in [9.17, 15) is 8.78 Å². The molecule has 1 N–H and O–H groups in total. The molecule has 0 aliphatic rings. The van der Waals surface area contributed by atoms with Crippen LogP contribution in [0.1, 0.15) is 24.1 Å². The summed E-state index contributed by atoms with van der Waals surface area (Å²) in [4.78, 5) is 0. The van der Waals surface area contributed by atoms with Gasteiger partial charge in [-0.3, -0.25) is 0 Å². The lowest BCUT2D eigenvalue weighted by Gasteiger charge is -2.17. The van der Waals surface area contributed by atoms with Gasteiger partial charge in [-0.15, -0.1) is 0 Å². The summed E-state index contributed by atoms with van der Waals surface area (Å²) in [5, 5.41) is 3.45. The summed E-state index contributed by atoms with van der Waals surface area (Å²) in [6.07, 6.45) is 1.78. The fraction of sp³-hybridized carbons (Fsp3) is 0.286. The van der Waals surface area contributed by atoms with Gasteiger partial charge in [0.25, 0.3) is 0 Å². The van der Waals surface area contributed by atoms with E-state index in [1.54, 1.807) is 12.1 Å². The molecule has 1 aromatic carbocycles. The first-order valence-corrected chi connectivity index (χ1v) is 6.40. The maximum atomic E-state index is 13.7. The molecule has 1 atom stereocenters. The van der Waals surface area contributed by atoms with Crippen LogP contribution in [0.25, 0.3) is 0 Å². The predicted octanol–water partition coefficient (Wildman–Crippen LogP) is 4.10. The third-order valence-corrected chi connectivity index (χ3v) is 3.23. The van der Waals surface area contributed by atoms with Crippen LogP contribution in [0.15, 0.2) is 34.9 Å². The molecule has 0 bridgehead atoms. The highest BCUT2D eigenvalue weighted by atomic mass is 35.5. The van der Waals surface area contributed by atoms with Crippen molar-refractivity contribution in [3.8, 4) is 0 Å². The van der Waals surface area contributed by atoms with E-state index in [2.05, 4.69) is 5.32 Å².